The summed E-state index contributed by atoms with van der Waals surface area (Å²) in [4.78, 5) is 9.49. The molecule has 0 saturated heterocycles. The number of rotatable bonds is 5. The monoisotopic (exact) mass is 413 g/mol. The second-order valence-electron chi connectivity index (χ2n) is 5.30. The first-order valence-corrected chi connectivity index (χ1v) is 8.67. The number of nitrogens with zero attached hydrogens (tertiary/aromatic N) is 2. The lowest BCUT2D eigenvalue weighted by Crippen LogP contribution is -2.09. The molecule has 2 aromatic rings. The number of benzene rings is 1. The van der Waals surface area contributed by atoms with Crippen LogP contribution in [-0.4, -0.2) is 16.5 Å². The lowest BCUT2D eigenvalue weighted by molar-refractivity contribution is 0.887. The van der Waals surface area contributed by atoms with Gasteiger partial charge in [0.05, 0.1) is 9.26 Å². The lowest BCUT2D eigenvalue weighted by Gasteiger charge is -2.12. The minimum absolute atomic E-state index is 0.621. The second kappa shape index (κ2) is 6.48. The van der Waals surface area contributed by atoms with Crippen LogP contribution in [0.15, 0.2) is 24.3 Å². The van der Waals surface area contributed by atoms with E-state index in [0.29, 0.717) is 5.92 Å². The second-order valence-corrected chi connectivity index (χ2v) is 6.81. The number of halogens is 2. The molecule has 5 heteroatoms. The smallest absolute Gasteiger partial charge is 0.143 e. The maximum atomic E-state index is 6.05. The highest BCUT2D eigenvalue weighted by Crippen LogP contribution is 2.42. The molecule has 1 saturated carbocycles. The summed E-state index contributed by atoms with van der Waals surface area (Å²) < 4.78 is 1.17. The highest BCUT2D eigenvalue weighted by Gasteiger charge is 2.29. The number of anilines is 1. The molecule has 0 spiro atoms. The van der Waals surface area contributed by atoms with Crippen LogP contribution >= 0.6 is 34.2 Å². The van der Waals surface area contributed by atoms with Gasteiger partial charge >= 0.3 is 0 Å². The first-order chi connectivity index (χ1) is 10.2. The summed E-state index contributed by atoms with van der Waals surface area (Å²) in [7, 11) is 0. The average molecular weight is 414 g/mol. The summed E-state index contributed by atoms with van der Waals surface area (Å²) >= 11 is 8.42. The number of nitrogens with one attached hydrogen (secondary N) is 1. The zero-order valence-corrected chi connectivity index (χ0v) is 14.8. The molecule has 3 nitrogen and oxygen atoms in total. The van der Waals surface area contributed by atoms with Gasteiger partial charge in [0.1, 0.15) is 11.6 Å². The van der Waals surface area contributed by atoms with Crippen molar-refractivity contribution in [1.82, 2.24) is 9.97 Å². The van der Waals surface area contributed by atoms with Crippen molar-refractivity contribution >= 4 is 40.0 Å². The minimum atomic E-state index is 0.621. The van der Waals surface area contributed by atoms with Gasteiger partial charge in [-0.1, -0.05) is 23.7 Å². The van der Waals surface area contributed by atoms with Gasteiger partial charge in [-0.15, -0.1) is 0 Å². The van der Waals surface area contributed by atoms with Gasteiger partial charge < -0.3 is 5.32 Å². The third-order valence-electron chi connectivity index (χ3n) is 3.48. The Morgan fingerprint density at radius 2 is 2.14 bits per heavy atom. The maximum Gasteiger partial charge on any atom is 0.143 e. The molecular formula is C16H17ClIN3. The summed E-state index contributed by atoms with van der Waals surface area (Å²) in [6, 6.07) is 7.90. The van der Waals surface area contributed by atoms with Gasteiger partial charge in [0.15, 0.2) is 0 Å². The minimum Gasteiger partial charge on any atom is -0.369 e. The van der Waals surface area contributed by atoms with Crippen molar-refractivity contribution in [1.29, 1.82) is 0 Å². The molecule has 1 aromatic carbocycles. The molecule has 0 bridgehead atoms. The molecule has 0 atom stereocenters. The van der Waals surface area contributed by atoms with Gasteiger partial charge in [-0.2, -0.15) is 0 Å². The van der Waals surface area contributed by atoms with E-state index >= 15 is 0 Å². The average Bonchev–Trinajstić information content (AvgIpc) is 3.27. The van der Waals surface area contributed by atoms with E-state index in [4.69, 9.17) is 16.6 Å². The summed E-state index contributed by atoms with van der Waals surface area (Å²) in [6.45, 7) is 2.96. The van der Waals surface area contributed by atoms with Crippen LogP contribution in [0, 0.1) is 3.57 Å². The number of hydrogen-bond acceptors (Lipinski definition) is 3. The molecule has 1 aliphatic carbocycles. The normalized spacial score (nSPS) is 14.2. The van der Waals surface area contributed by atoms with Gasteiger partial charge in [0.2, 0.25) is 0 Å². The SMILES string of the molecule is CCNc1nc(Cc2cccc(Cl)c2)nc(C2CC2)c1I. The van der Waals surface area contributed by atoms with E-state index < -0.39 is 0 Å². The van der Waals surface area contributed by atoms with Crippen molar-refractivity contribution in [2.75, 3.05) is 11.9 Å². The molecular weight excluding hydrogens is 397 g/mol. The third-order valence-corrected chi connectivity index (χ3v) is 4.78. The Balaban J connectivity index is 1.94. The van der Waals surface area contributed by atoms with Gasteiger partial charge in [-0.25, -0.2) is 9.97 Å². The van der Waals surface area contributed by atoms with Gasteiger partial charge in [-0.05, 0) is 60.1 Å². The molecule has 0 radical (unpaired) electrons. The Morgan fingerprint density at radius 3 is 2.81 bits per heavy atom. The predicted octanol–water partition coefficient (Wildman–Crippen LogP) is 4.63. The van der Waals surface area contributed by atoms with Crippen molar-refractivity contribution in [2.24, 2.45) is 0 Å². The van der Waals surface area contributed by atoms with Crippen LogP contribution in [0.2, 0.25) is 5.02 Å². The Morgan fingerprint density at radius 1 is 1.33 bits per heavy atom. The maximum absolute atomic E-state index is 6.05. The van der Waals surface area contributed by atoms with Crippen molar-refractivity contribution in [3.63, 3.8) is 0 Å². The first kappa shape index (κ1) is 15.0. The number of aromatic nitrogens is 2. The fraction of sp³-hybridized carbons (Fsp3) is 0.375. The molecule has 1 N–H and O–H groups in total. The fourth-order valence-electron chi connectivity index (χ4n) is 2.33. The van der Waals surface area contributed by atoms with E-state index in [2.05, 4.69) is 45.9 Å². The van der Waals surface area contributed by atoms with Crippen LogP contribution in [0.25, 0.3) is 0 Å². The molecule has 3 rings (SSSR count). The first-order valence-electron chi connectivity index (χ1n) is 7.22. The van der Waals surface area contributed by atoms with Crippen LogP contribution in [0.4, 0.5) is 5.82 Å². The largest absolute Gasteiger partial charge is 0.369 e. The third kappa shape index (κ3) is 3.66. The van der Waals surface area contributed by atoms with Crippen LogP contribution < -0.4 is 5.32 Å². The standard InChI is InChI=1S/C16H17ClIN3/c1-2-19-16-14(18)15(11-6-7-11)20-13(21-16)9-10-4-3-5-12(17)8-10/h3-5,8,11H,2,6-7,9H2,1H3,(H,19,20,21). The van der Waals surface area contributed by atoms with Gasteiger partial charge in [0.25, 0.3) is 0 Å². The molecule has 1 fully saturated rings. The van der Waals surface area contributed by atoms with E-state index in [1.807, 2.05) is 18.2 Å². The molecule has 0 aliphatic heterocycles. The van der Waals surface area contributed by atoms with E-state index in [1.165, 1.54) is 22.1 Å². The van der Waals surface area contributed by atoms with Crippen LogP contribution in [0.3, 0.4) is 0 Å². The molecule has 1 aromatic heterocycles. The van der Waals surface area contributed by atoms with Crippen LogP contribution in [0.5, 0.6) is 0 Å². The van der Waals surface area contributed by atoms with Gasteiger partial charge in [0, 0.05) is 23.9 Å². The van der Waals surface area contributed by atoms with E-state index in [-0.39, 0.29) is 0 Å². The fourth-order valence-corrected chi connectivity index (χ4v) is 3.42. The van der Waals surface area contributed by atoms with Crippen molar-refractivity contribution in [2.45, 2.75) is 32.1 Å². The Kier molecular flexibility index (Phi) is 4.64. The van der Waals surface area contributed by atoms with Gasteiger partial charge in [-0.3, -0.25) is 0 Å². The van der Waals surface area contributed by atoms with E-state index in [9.17, 15) is 0 Å². The molecule has 1 heterocycles. The lowest BCUT2D eigenvalue weighted by atomic mass is 10.1. The zero-order chi connectivity index (χ0) is 14.8. The zero-order valence-electron chi connectivity index (χ0n) is 11.9. The summed E-state index contributed by atoms with van der Waals surface area (Å²) in [6.07, 6.45) is 3.21. The van der Waals surface area contributed by atoms with Crippen molar-refractivity contribution in [3.8, 4) is 0 Å². The van der Waals surface area contributed by atoms with Crippen molar-refractivity contribution < 1.29 is 0 Å². The Labute approximate surface area is 143 Å². The van der Waals surface area contributed by atoms with Crippen LogP contribution in [0.1, 0.15) is 42.8 Å². The highest BCUT2D eigenvalue weighted by molar-refractivity contribution is 14.1. The Hall–Kier alpha value is -0.880. The quantitative estimate of drug-likeness (QED) is 0.726. The summed E-state index contributed by atoms with van der Waals surface area (Å²) in [5.41, 5.74) is 2.35. The summed E-state index contributed by atoms with van der Waals surface area (Å²) in [5.74, 6) is 2.46. The summed E-state index contributed by atoms with van der Waals surface area (Å²) in [5, 5.41) is 4.11. The Bertz CT molecular complexity index is 656. The molecule has 21 heavy (non-hydrogen) atoms. The topological polar surface area (TPSA) is 37.8 Å². The van der Waals surface area contributed by atoms with Crippen LogP contribution in [-0.2, 0) is 6.42 Å². The predicted molar refractivity (Wildman–Crippen MR) is 95.1 cm³/mol. The number of hydrogen-bond donors (Lipinski definition) is 1. The highest BCUT2D eigenvalue weighted by atomic mass is 127. The molecule has 1 aliphatic rings. The van der Waals surface area contributed by atoms with Crippen molar-refractivity contribution in [3.05, 3.63) is 49.9 Å². The molecule has 110 valence electrons. The van der Waals surface area contributed by atoms with E-state index in [0.717, 1.165) is 35.2 Å². The molecule has 0 amide bonds. The van der Waals surface area contributed by atoms with E-state index in [1.54, 1.807) is 0 Å². The molecule has 0 unspecified atom stereocenters.